The van der Waals surface area contributed by atoms with Gasteiger partial charge < -0.3 is 14.7 Å². The smallest absolute Gasteiger partial charge is 0.307 e. The van der Waals surface area contributed by atoms with E-state index in [1.54, 1.807) is 0 Å². The normalized spacial score (nSPS) is 26.4. The van der Waals surface area contributed by atoms with Gasteiger partial charge in [-0.25, -0.2) is 8.78 Å². The van der Waals surface area contributed by atoms with Crippen molar-refractivity contribution in [2.45, 2.75) is 0 Å². The molecule has 2 aliphatic rings. The van der Waals surface area contributed by atoms with Crippen LogP contribution in [0.1, 0.15) is 10.4 Å². The van der Waals surface area contributed by atoms with Crippen molar-refractivity contribution < 1.29 is 28.2 Å². The molecule has 0 bridgehead atoms. The summed E-state index contributed by atoms with van der Waals surface area (Å²) in [5.74, 6) is -4.53. The van der Waals surface area contributed by atoms with Crippen LogP contribution in [-0.4, -0.2) is 42.1 Å². The third kappa shape index (κ3) is 2.03. The summed E-state index contributed by atoms with van der Waals surface area (Å²) >= 11 is 0. The zero-order chi connectivity index (χ0) is 15.3. The van der Waals surface area contributed by atoms with Gasteiger partial charge in [0.05, 0.1) is 13.0 Å². The Morgan fingerprint density at radius 1 is 1.29 bits per heavy atom. The van der Waals surface area contributed by atoms with E-state index in [0.717, 1.165) is 6.07 Å². The molecule has 7 heteroatoms. The summed E-state index contributed by atoms with van der Waals surface area (Å²) in [4.78, 5) is 24.6. The number of halogens is 2. The van der Waals surface area contributed by atoms with Gasteiger partial charge in [-0.2, -0.15) is 0 Å². The molecule has 2 fully saturated rings. The van der Waals surface area contributed by atoms with Gasteiger partial charge in [0, 0.05) is 13.1 Å². The molecule has 112 valence electrons. The van der Waals surface area contributed by atoms with E-state index in [1.165, 1.54) is 18.1 Å². The summed E-state index contributed by atoms with van der Waals surface area (Å²) < 4.78 is 32.1. The quantitative estimate of drug-likeness (QED) is 0.915. The maximum atomic E-state index is 13.9. The van der Waals surface area contributed by atoms with Crippen molar-refractivity contribution in [3.8, 4) is 5.75 Å². The van der Waals surface area contributed by atoms with Crippen LogP contribution in [0.2, 0.25) is 0 Å². The molecule has 1 saturated carbocycles. The molecule has 1 aromatic carbocycles. The van der Waals surface area contributed by atoms with Crippen molar-refractivity contribution in [3.05, 3.63) is 29.3 Å². The summed E-state index contributed by atoms with van der Waals surface area (Å²) in [6.45, 7) is 0.499. The van der Waals surface area contributed by atoms with Crippen LogP contribution in [0.15, 0.2) is 12.1 Å². The minimum atomic E-state index is -1.24. The minimum Gasteiger partial charge on any atom is -0.496 e. The third-order valence-electron chi connectivity index (χ3n) is 4.26. The van der Waals surface area contributed by atoms with Gasteiger partial charge in [-0.05, 0) is 24.0 Å². The van der Waals surface area contributed by atoms with Crippen LogP contribution in [0, 0.1) is 29.4 Å². The number of ether oxygens (including phenoxy) is 1. The fraction of sp³-hybridized carbons (Fsp3) is 0.429. The number of fused-ring (bicyclic) bond motifs is 1. The molecular formula is C14H13F2NO4. The number of rotatable bonds is 3. The monoisotopic (exact) mass is 297 g/mol. The van der Waals surface area contributed by atoms with Crippen molar-refractivity contribution in [1.82, 2.24) is 4.90 Å². The van der Waals surface area contributed by atoms with Crippen molar-refractivity contribution >= 4 is 11.9 Å². The number of carboxylic acid groups (broad SMARTS) is 1. The van der Waals surface area contributed by atoms with E-state index in [-0.39, 0.29) is 30.7 Å². The Morgan fingerprint density at radius 3 is 2.43 bits per heavy atom. The fourth-order valence-electron chi connectivity index (χ4n) is 3.12. The van der Waals surface area contributed by atoms with Gasteiger partial charge in [-0.3, -0.25) is 9.59 Å². The molecule has 1 aliphatic carbocycles. The number of carbonyl (C=O) groups is 2. The standard InChI is InChI=1S/C14H13F2NO4/c1-21-9-3-2-8(15)12(16)11(9)13(18)17-4-6-7(5-17)10(6)14(19)20/h2-3,6-7,10H,4-5H2,1H3,(H,19,20). The average Bonchev–Trinajstić information content (AvgIpc) is 2.97. The van der Waals surface area contributed by atoms with Crippen molar-refractivity contribution in [3.63, 3.8) is 0 Å². The number of benzene rings is 1. The first kappa shape index (κ1) is 13.8. The second-order valence-electron chi connectivity index (χ2n) is 5.34. The van der Waals surface area contributed by atoms with Gasteiger partial charge in [0.15, 0.2) is 11.6 Å². The number of amides is 1. The van der Waals surface area contributed by atoms with E-state index in [4.69, 9.17) is 9.84 Å². The van der Waals surface area contributed by atoms with E-state index < -0.39 is 35.0 Å². The largest absolute Gasteiger partial charge is 0.496 e. The van der Waals surface area contributed by atoms with Gasteiger partial charge in [-0.15, -0.1) is 0 Å². The topological polar surface area (TPSA) is 66.8 Å². The third-order valence-corrected chi connectivity index (χ3v) is 4.26. The highest BCUT2D eigenvalue weighted by molar-refractivity contribution is 5.97. The van der Waals surface area contributed by atoms with Gasteiger partial charge in [0.25, 0.3) is 5.91 Å². The molecular weight excluding hydrogens is 284 g/mol. The molecule has 21 heavy (non-hydrogen) atoms. The van der Waals surface area contributed by atoms with Gasteiger partial charge >= 0.3 is 5.97 Å². The molecule has 2 unspecified atom stereocenters. The van der Waals surface area contributed by atoms with Crippen LogP contribution in [0.4, 0.5) is 8.78 Å². The zero-order valence-corrected chi connectivity index (χ0v) is 11.2. The van der Waals surface area contributed by atoms with E-state index in [2.05, 4.69) is 0 Å². The molecule has 1 N–H and O–H groups in total. The Kier molecular flexibility index (Phi) is 3.07. The first-order valence-electron chi connectivity index (χ1n) is 6.49. The molecule has 2 atom stereocenters. The lowest BCUT2D eigenvalue weighted by atomic mass is 10.1. The second kappa shape index (κ2) is 4.68. The van der Waals surface area contributed by atoms with Crippen molar-refractivity contribution in [2.75, 3.05) is 20.2 Å². The molecule has 1 aliphatic heterocycles. The Balaban J connectivity index is 1.82. The zero-order valence-electron chi connectivity index (χ0n) is 11.2. The summed E-state index contributed by atoms with van der Waals surface area (Å²) in [7, 11) is 1.27. The van der Waals surface area contributed by atoms with Gasteiger partial charge in [-0.1, -0.05) is 0 Å². The number of nitrogens with zero attached hydrogens (tertiary/aromatic N) is 1. The molecule has 1 saturated heterocycles. The second-order valence-corrected chi connectivity index (χ2v) is 5.34. The molecule has 0 aromatic heterocycles. The lowest BCUT2D eigenvalue weighted by Crippen LogP contribution is -2.33. The van der Waals surface area contributed by atoms with Crippen LogP contribution < -0.4 is 4.74 Å². The SMILES string of the molecule is COc1ccc(F)c(F)c1C(=O)N1CC2C(C1)C2C(=O)O. The lowest BCUT2D eigenvalue weighted by Gasteiger charge is -2.20. The van der Waals surface area contributed by atoms with Gasteiger partial charge in [0.2, 0.25) is 0 Å². The highest BCUT2D eigenvalue weighted by atomic mass is 19.2. The number of hydrogen-bond donors (Lipinski definition) is 1. The van der Waals surface area contributed by atoms with Crippen molar-refractivity contribution in [2.24, 2.45) is 17.8 Å². The summed E-state index contributed by atoms with van der Waals surface area (Å²) in [6, 6.07) is 2.09. The summed E-state index contributed by atoms with van der Waals surface area (Å²) in [6.07, 6.45) is 0. The minimum absolute atomic E-state index is 0.0331. The highest BCUT2D eigenvalue weighted by Gasteiger charge is 2.60. The van der Waals surface area contributed by atoms with Crippen LogP contribution in [0.25, 0.3) is 0 Å². The number of aliphatic carboxylic acids is 1. The maximum absolute atomic E-state index is 13.9. The number of hydrogen-bond acceptors (Lipinski definition) is 3. The van der Waals surface area contributed by atoms with E-state index >= 15 is 0 Å². The average molecular weight is 297 g/mol. The predicted molar refractivity (Wildman–Crippen MR) is 66.9 cm³/mol. The molecule has 1 amide bonds. The molecule has 3 rings (SSSR count). The van der Waals surface area contributed by atoms with E-state index in [1.807, 2.05) is 0 Å². The van der Waals surface area contributed by atoms with E-state index in [9.17, 15) is 18.4 Å². The van der Waals surface area contributed by atoms with Crippen LogP contribution in [0.3, 0.4) is 0 Å². The van der Waals surface area contributed by atoms with Crippen LogP contribution in [0.5, 0.6) is 5.75 Å². The highest BCUT2D eigenvalue weighted by Crippen LogP contribution is 2.52. The Bertz CT molecular complexity index is 622. The number of likely N-dealkylation sites (tertiary alicyclic amines) is 1. The van der Waals surface area contributed by atoms with Crippen LogP contribution in [-0.2, 0) is 4.79 Å². The van der Waals surface area contributed by atoms with Crippen molar-refractivity contribution in [1.29, 1.82) is 0 Å². The molecule has 5 nitrogen and oxygen atoms in total. The lowest BCUT2D eigenvalue weighted by molar-refractivity contribution is -0.139. The Morgan fingerprint density at radius 2 is 1.90 bits per heavy atom. The Labute approximate surface area is 119 Å². The maximum Gasteiger partial charge on any atom is 0.307 e. The molecule has 0 radical (unpaired) electrons. The number of piperidine rings is 1. The number of carbonyl (C=O) groups excluding carboxylic acids is 1. The first-order valence-corrected chi connectivity index (χ1v) is 6.49. The fourth-order valence-corrected chi connectivity index (χ4v) is 3.12. The molecule has 1 aromatic rings. The summed E-state index contributed by atoms with van der Waals surface area (Å²) in [5.41, 5.74) is -0.439. The first-order chi connectivity index (χ1) is 9.95. The number of methoxy groups -OCH3 is 1. The molecule has 0 spiro atoms. The predicted octanol–water partition coefficient (Wildman–Crippen LogP) is 1.38. The number of carboxylic acids is 1. The van der Waals surface area contributed by atoms with Crippen LogP contribution >= 0.6 is 0 Å². The van der Waals surface area contributed by atoms with E-state index in [0.29, 0.717) is 0 Å². The van der Waals surface area contributed by atoms with Gasteiger partial charge in [0.1, 0.15) is 11.3 Å². The Hall–Kier alpha value is -2.18. The molecule has 1 heterocycles. The summed E-state index contributed by atoms with van der Waals surface area (Å²) in [5, 5.41) is 8.93.